The molecule has 1 aromatic rings. The molecule has 0 aliphatic heterocycles. The van der Waals surface area contributed by atoms with Crippen molar-refractivity contribution in [2.45, 2.75) is 26.9 Å². The molecule has 3 N–H and O–H groups in total. The van der Waals surface area contributed by atoms with Gasteiger partial charge in [-0.15, -0.1) is 0 Å². The van der Waals surface area contributed by atoms with Gasteiger partial charge in [-0.25, -0.2) is 4.79 Å². The highest BCUT2D eigenvalue weighted by Crippen LogP contribution is 2.38. The summed E-state index contributed by atoms with van der Waals surface area (Å²) in [4.78, 5) is 48.9. The Hall–Kier alpha value is -0.550. The maximum Gasteiger partial charge on any atom is 0.337 e. The number of anilines is 1. The molecule has 0 aliphatic carbocycles. The van der Waals surface area contributed by atoms with Gasteiger partial charge in [0.2, 0.25) is 11.7 Å². The number of carboxylic acid groups (broad SMARTS) is 1. The van der Waals surface area contributed by atoms with E-state index in [-0.39, 0.29) is 27.1 Å². The molecule has 1 unspecified atom stereocenters. The number of ketones is 1. The Bertz CT molecular complexity index is 796. The minimum atomic E-state index is -1.24. The number of esters is 1. The summed E-state index contributed by atoms with van der Waals surface area (Å²) in [6.45, 7) is 3.68. The van der Waals surface area contributed by atoms with Gasteiger partial charge in [0.05, 0.1) is 30.6 Å². The van der Waals surface area contributed by atoms with E-state index in [9.17, 15) is 24.3 Å². The zero-order chi connectivity index (χ0) is 20.3. The Morgan fingerprint density at radius 2 is 1.58 bits per heavy atom. The molecule has 11 heteroatoms. The molecule has 0 aromatic heterocycles. The molecular weight excluding hydrogens is 685 g/mol. The van der Waals surface area contributed by atoms with E-state index in [1.807, 2.05) is 45.2 Å². The van der Waals surface area contributed by atoms with Gasteiger partial charge in [0, 0.05) is 17.4 Å². The lowest BCUT2D eigenvalue weighted by Gasteiger charge is -2.26. The number of aromatic carboxylic acids is 1. The second-order valence-electron chi connectivity index (χ2n) is 5.09. The topological polar surface area (TPSA) is 127 Å². The Balaban J connectivity index is 3.83. The van der Waals surface area contributed by atoms with Crippen molar-refractivity contribution in [2.24, 2.45) is 5.73 Å². The quantitative estimate of drug-likeness (QED) is 0.202. The monoisotopic (exact) mass is 700 g/mol. The van der Waals surface area contributed by atoms with Gasteiger partial charge in [0.25, 0.3) is 0 Å². The number of nitrogens with two attached hydrogens (primary N) is 1. The molecule has 0 aliphatic rings. The van der Waals surface area contributed by atoms with E-state index >= 15 is 0 Å². The first-order valence-electron chi connectivity index (χ1n) is 7.08. The van der Waals surface area contributed by atoms with Crippen LogP contribution >= 0.6 is 67.8 Å². The molecule has 1 aromatic carbocycles. The molecule has 8 nitrogen and oxygen atoms in total. The van der Waals surface area contributed by atoms with Crippen molar-refractivity contribution in [1.29, 1.82) is 0 Å². The average Bonchev–Trinajstić information content (AvgIpc) is 2.49. The van der Waals surface area contributed by atoms with Crippen LogP contribution in [0.15, 0.2) is 0 Å². The summed E-state index contributed by atoms with van der Waals surface area (Å²) >= 11 is 5.47. The average molecular weight is 700 g/mol. The lowest BCUT2D eigenvalue weighted by molar-refractivity contribution is -0.143. The normalized spacial score (nSPS) is 11.7. The number of rotatable bonds is 6. The molecule has 26 heavy (non-hydrogen) atoms. The number of carboxylic acids is 1. The lowest BCUT2D eigenvalue weighted by Crippen LogP contribution is -2.37. The molecule has 1 atom stereocenters. The fourth-order valence-electron chi connectivity index (χ4n) is 2.17. The molecule has 0 spiro atoms. The summed E-state index contributed by atoms with van der Waals surface area (Å²) in [5, 5.41) is 9.60. The number of Topliss-reactive ketones (excluding diaryl/α,β-unsaturated/α-hetero) is 1. The largest absolute Gasteiger partial charge is 0.478 e. The van der Waals surface area contributed by atoms with E-state index in [0.717, 1.165) is 0 Å². The first-order valence-corrected chi connectivity index (χ1v) is 10.3. The maximum absolute atomic E-state index is 12.8. The van der Waals surface area contributed by atoms with Gasteiger partial charge in [0.15, 0.2) is 6.10 Å². The van der Waals surface area contributed by atoms with Crippen molar-refractivity contribution in [3.63, 3.8) is 0 Å². The van der Waals surface area contributed by atoms with Crippen LogP contribution in [0.4, 0.5) is 5.69 Å². The maximum atomic E-state index is 12.8. The Morgan fingerprint density at radius 1 is 1.08 bits per heavy atom. The summed E-state index contributed by atoms with van der Waals surface area (Å²) in [5.41, 5.74) is 5.87. The standard InChI is InChI=1S/C15H15I3N2O6/c1-5(26-7(3)22)14(23)8-10(16)9(15(24)25)12(18)13(11(8)17)20(4-19)6(2)21/h5H,4,19H2,1-3H3,(H,24,25). The molecule has 142 valence electrons. The Labute approximate surface area is 190 Å². The molecule has 1 rings (SSSR count). The fourth-order valence-corrected chi connectivity index (χ4v) is 6.92. The molecule has 0 saturated heterocycles. The molecule has 1 amide bonds. The van der Waals surface area contributed by atoms with Crippen LogP contribution in [0.25, 0.3) is 0 Å². The highest BCUT2D eigenvalue weighted by molar-refractivity contribution is 14.1. The van der Waals surface area contributed by atoms with E-state index < -0.39 is 29.7 Å². The molecule has 0 saturated carbocycles. The predicted molar refractivity (Wildman–Crippen MR) is 119 cm³/mol. The van der Waals surface area contributed by atoms with Crippen molar-refractivity contribution < 1.29 is 29.0 Å². The number of ether oxygens (including phenoxy) is 1. The molecule has 0 radical (unpaired) electrons. The van der Waals surface area contributed by atoms with Gasteiger partial charge in [-0.05, 0) is 74.7 Å². The van der Waals surface area contributed by atoms with Crippen molar-refractivity contribution >= 4 is 97.1 Å². The third kappa shape index (κ3) is 4.83. The summed E-state index contributed by atoms with van der Waals surface area (Å²) in [5.74, 6) is -2.83. The van der Waals surface area contributed by atoms with Gasteiger partial charge in [-0.3, -0.25) is 19.3 Å². The van der Waals surface area contributed by atoms with Crippen molar-refractivity contribution in [3.8, 4) is 0 Å². The van der Waals surface area contributed by atoms with Gasteiger partial charge in [-0.2, -0.15) is 0 Å². The first kappa shape index (κ1) is 23.5. The zero-order valence-electron chi connectivity index (χ0n) is 13.9. The van der Waals surface area contributed by atoms with Gasteiger partial charge >= 0.3 is 11.9 Å². The van der Waals surface area contributed by atoms with Crippen LogP contribution < -0.4 is 10.6 Å². The van der Waals surface area contributed by atoms with Crippen LogP contribution in [0.5, 0.6) is 0 Å². The smallest absolute Gasteiger partial charge is 0.337 e. The van der Waals surface area contributed by atoms with Gasteiger partial charge < -0.3 is 15.6 Å². The minimum absolute atomic E-state index is 0.0764. The number of amides is 1. The number of halogens is 3. The van der Waals surface area contributed by atoms with Crippen LogP contribution in [0.3, 0.4) is 0 Å². The van der Waals surface area contributed by atoms with Crippen LogP contribution in [0.1, 0.15) is 41.5 Å². The van der Waals surface area contributed by atoms with E-state index in [1.165, 1.54) is 25.7 Å². The number of benzene rings is 1. The van der Waals surface area contributed by atoms with Gasteiger partial charge in [0.1, 0.15) is 0 Å². The van der Waals surface area contributed by atoms with Crippen LogP contribution in [-0.2, 0) is 14.3 Å². The molecule has 0 fully saturated rings. The van der Waals surface area contributed by atoms with Crippen LogP contribution in [-0.4, -0.2) is 41.5 Å². The number of hydrogen-bond acceptors (Lipinski definition) is 6. The van der Waals surface area contributed by atoms with E-state index in [0.29, 0.717) is 7.14 Å². The van der Waals surface area contributed by atoms with Crippen molar-refractivity contribution in [3.05, 3.63) is 21.8 Å². The van der Waals surface area contributed by atoms with E-state index in [4.69, 9.17) is 10.5 Å². The van der Waals surface area contributed by atoms with Crippen LogP contribution in [0.2, 0.25) is 0 Å². The van der Waals surface area contributed by atoms with E-state index in [1.54, 1.807) is 22.6 Å². The minimum Gasteiger partial charge on any atom is -0.478 e. The molecule has 0 heterocycles. The second-order valence-corrected chi connectivity index (χ2v) is 8.33. The van der Waals surface area contributed by atoms with E-state index in [2.05, 4.69) is 0 Å². The fraction of sp³-hybridized carbons (Fsp3) is 0.333. The highest BCUT2D eigenvalue weighted by atomic mass is 127. The zero-order valence-corrected chi connectivity index (χ0v) is 20.4. The molecule has 0 bridgehead atoms. The summed E-state index contributed by atoms with van der Waals surface area (Å²) in [6.07, 6.45) is -1.10. The number of nitrogens with zero attached hydrogens (tertiary/aromatic N) is 1. The third-order valence-electron chi connectivity index (χ3n) is 3.30. The number of carbonyl (C=O) groups is 4. The number of hydrogen-bond donors (Lipinski definition) is 2. The first-order chi connectivity index (χ1) is 11.9. The van der Waals surface area contributed by atoms with Crippen molar-refractivity contribution in [1.82, 2.24) is 0 Å². The lowest BCUT2D eigenvalue weighted by atomic mass is 10.0. The van der Waals surface area contributed by atoms with Crippen LogP contribution in [0, 0.1) is 10.7 Å². The van der Waals surface area contributed by atoms with Crippen molar-refractivity contribution in [2.75, 3.05) is 11.6 Å². The number of carbonyl (C=O) groups excluding carboxylic acids is 3. The second kappa shape index (κ2) is 9.59. The summed E-state index contributed by atoms with van der Waals surface area (Å²) in [7, 11) is 0. The molecular formula is C15H15I3N2O6. The predicted octanol–water partition coefficient (Wildman–Crippen LogP) is 2.60. The SMILES string of the molecule is CC(=O)OC(C)C(=O)c1c(I)c(C(=O)O)c(I)c(N(CN)C(C)=O)c1I. The summed E-state index contributed by atoms with van der Waals surface area (Å²) < 4.78 is 5.80. The third-order valence-corrected chi connectivity index (χ3v) is 6.48. The Kier molecular flexibility index (Phi) is 8.66. The van der Waals surface area contributed by atoms with Gasteiger partial charge in [-0.1, -0.05) is 0 Å². The summed E-state index contributed by atoms with van der Waals surface area (Å²) in [6, 6.07) is 0. The Morgan fingerprint density at radius 3 is 1.96 bits per heavy atom. The highest BCUT2D eigenvalue weighted by Gasteiger charge is 2.32.